The topological polar surface area (TPSA) is 119 Å². The molecule has 0 atom stereocenters. The molecule has 0 unspecified atom stereocenters. The van der Waals surface area contributed by atoms with Crippen LogP contribution in [0.4, 0.5) is 11.4 Å². The molecule has 5 rings (SSSR count). The summed E-state index contributed by atoms with van der Waals surface area (Å²) in [5, 5.41) is 10.3. The molecule has 0 aliphatic heterocycles. The summed E-state index contributed by atoms with van der Waals surface area (Å²) in [5.74, 6) is -1.50. The van der Waals surface area contributed by atoms with Gasteiger partial charge >= 0.3 is 5.82 Å². The highest BCUT2D eigenvalue weighted by molar-refractivity contribution is 6.10. The van der Waals surface area contributed by atoms with Crippen LogP contribution in [0.25, 0.3) is 16.9 Å². The van der Waals surface area contributed by atoms with Crippen LogP contribution in [0.5, 0.6) is 0 Å². The molecule has 3 aromatic carbocycles. The summed E-state index contributed by atoms with van der Waals surface area (Å²) in [5.41, 5.74) is 4.86. The van der Waals surface area contributed by atoms with E-state index in [1.165, 1.54) is 0 Å². The molecule has 0 aliphatic rings. The fraction of sp³-hybridized carbons (Fsp3) is 0.111. The van der Waals surface area contributed by atoms with Crippen LogP contribution in [-0.2, 0) is 11.2 Å². The second kappa shape index (κ2) is 9.38. The molecule has 2 heterocycles. The van der Waals surface area contributed by atoms with Gasteiger partial charge in [0.15, 0.2) is 11.2 Å². The Morgan fingerprint density at radius 1 is 0.889 bits per heavy atom. The molecular weight excluding hydrogens is 460 g/mol. The van der Waals surface area contributed by atoms with Gasteiger partial charge in [-0.25, -0.2) is 9.48 Å². The zero-order valence-electron chi connectivity index (χ0n) is 19.6. The first-order valence-corrected chi connectivity index (χ1v) is 11.2. The molecule has 9 nitrogen and oxygen atoms in total. The number of hydrogen-bond donors (Lipinski definition) is 2. The molecule has 2 N–H and O–H groups in total. The van der Waals surface area contributed by atoms with Crippen LogP contribution in [0.2, 0.25) is 0 Å². The van der Waals surface area contributed by atoms with Crippen molar-refractivity contribution >= 4 is 34.4 Å². The van der Waals surface area contributed by atoms with Crippen molar-refractivity contribution in [1.82, 2.24) is 9.78 Å². The van der Waals surface area contributed by atoms with Gasteiger partial charge in [0.1, 0.15) is 0 Å². The number of amides is 2. The Hall–Kier alpha value is -4.92. The van der Waals surface area contributed by atoms with Crippen molar-refractivity contribution in [3.63, 3.8) is 0 Å². The van der Waals surface area contributed by atoms with Gasteiger partial charge in [-0.15, -0.1) is 0 Å². The van der Waals surface area contributed by atoms with E-state index in [0.29, 0.717) is 33.8 Å². The molecule has 0 aliphatic carbocycles. The van der Waals surface area contributed by atoms with Crippen LogP contribution in [0.3, 0.4) is 0 Å². The first kappa shape index (κ1) is 22.9. The number of fused-ring (bicyclic) bond motifs is 1. The van der Waals surface area contributed by atoms with E-state index in [-0.39, 0.29) is 23.8 Å². The third-order valence-electron chi connectivity index (χ3n) is 5.74. The van der Waals surface area contributed by atoms with Gasteiger partial charge in [0.25, 0.3) is 5.91 Å². The molecule has 2 amide bonds. The molecule has 0 bridgehead atoms. The van der Waals surface area contributed by atoms with Crippen molar-refractivity contribution in [3.05, 3.63) is 106 Å². The Kier molecular flexibility index (Phi) is 5.95. The Morgan fingerprint density at radius 3 is 2.42 bits per heavy atom. The largest absolute Gasteiger partial charge is 0.519 e. The van der Waals surface area contributed by atoms with Gasteiger partial charge in [-0.3, -0.25) is 9.59 Å². The lowest BCUT2D eigenvalue weighted by Gasteiger charge is -2.12. The highest BCUT2D eigenvalue weighted by Gasteiger charge is 2.19. The molecule has 0 saturated heterocycles. The van der Waals surface area contributed by atoms with Gasteiger partial charge in [-0.1, -0.05) is 36.4 Å². The number of nitrogens with zero attached hydrogens (tertiary/aromatic N) is 2. The smallest absolute Gasteiger partial charge is 0.391 e. The molecule has 9 heteroatoms. The number of nitrogens with one attached hydrogen (secondary N) is 2. The van der Waals surface area contributed by atoms with Gasteiger partial charge in [0, 0.05) is 0 Å². The van der Waals surface area contributed by atoms with Crippen LogP contribution in [0, 0.1) is 13.8 Å². The van der Waals surface area contributed by atoms with Crippen molar-refractivity contribution in [2.75, 3.05) is 10.6 Å². The van der Waals surface area contributed by atoms with Crippen molar-refractivity contribution in [3.8, 4) is 5.69 Å². The standard InChI is InChI=1S/C27H22N4O5/c1-16-25(17(2)31(30-16)19-8-4-3-5-9-19)29-26(33)20-10-6-7-11-21(20)28-24(32)15-18-12-13-22-23(14-18)36-27(34)35-22/h3-14H,15H2,1-2H3,(H,28,32)(H,29,33). The molecule has 0 saturated carbocycles. The number of aromatic nitrogens is 2. The average molecular weight is 482 g/mol. The number of carbonyl (C=O) groups is 2. The molecule has 36 heavy (non-hydrogen) atoms. The summed E-state index contributed by atoms with van der Waals surface area (Å²) in [6.07, 6.45) is 0.0167. The highest BCUT2D eigenvalue weighted by Crippen LogP contribution is 2.25. The molecule has 2 aromatic heterocycles. The van der Waals surface area contributed by atoms with Crippen molar-refractivity contribution < 1.29 is 18.4 Å². The van der Waals surface area contributed by atoms with Crippen molar-refractivity contribution in [2.45, 2.75) is 20.3 Å². The van der Waals surface area contributed by atoms with E-state index in [1.54, 1.807) is 47.1 Å². The van der Waals surface area contributed by atoms with Gasteiger partial charge in [-0.05, 0) is 55.8 Å². The lowest BCUT2D eigenvalue weighted by molar-refractivity contribution is -0.115. The number of para-hydroxylation sites is 2. The minimum Gasteiger partial charge on any atom is -0.391 e. The number of anilines is 2. The second-order valence-electron chi connectivity index (χ2n) is 8.25. The molecule has 0 radical (unpaired) electrons. The molecular formula is C27H22N4O5. The minimum absolute atomic E-state index is 0.0167. The fourth-order valence-electron chi connectivity index (χ4n) is 4.02. The third-order valence-corrected chi connectivity index (χ3v) is 5.74. The lowest BCUT2D eigenvalue weighted by Crippen LogP contribution is -2.19. The van der Waals surface area contributed by atoms with Gasteiger partial charge in [0.2, 0.25) is 5.91 Å². The maximum Gasteiger partial charge on any atom is 0.519 e. The van der Waals surface area contributed by atoms with E-state index < -0.39 is 5.82 Å². The Balaban J connectivity index is 1.34. The number of carbonyl (C=O) groups excluding carboxylic acids is 2. The Morgan fingerprint density at radius 2 is 1.61 bits per heavy atom. The van der Waals surface area contributed by atoms with Crippen LogP contribution in [0.1, 0.15) is 27.3 Å². The normalized spacial score (nSPS) is 10.9. The number of benzene rings is 3. The summed E-state index contributed by atoms with van der Waals surface area (Å²) in [6.45, 7) is 3.71. The number of hydrogen-bond acceptors (Lipinski definition) is 6. The zero-order valence-corrected chi connectivity index (χ0v) is 19.6. The zero-order chi connectivity index (χ0) is 25.2. The van der Waals surface area contributed by atoms with E-state index in [2.05, 4.69) is 15.7 Å². The Bertz CT molecular complexity index is 1650. The lowest BCUT2D eigenvalue weighted by atomic mass is 10.1. The maximum atomic E-state index is 13.2. The van der Waals surface area contributed by atoms with Crippen LogP contribution in [0.15, 0.2) is 86.4 Å². The predicted octanol–water partition coefficient (Wildman–Crippen LogP) is 4.62. The van der Waals surface area contributed by atoms with E-state index in [9.17, 15) is 14.4 Å². The average Bonchev–Trinajstić information content (AvgIpc) is 3.37. The Labute approximate surface area is 205 Å². The van der Waals surface area contributed by atoms with E-state index in [0.717, 1.165) is 11.4 Å². The summed E-state index contributed by atoms with van der Waals surface area (Å²) >= 11 is 0. The van der Waals surface area contributed by atoms with E-state index in [1.807, 2.05) is 44.2 Å². The van der Waals surface area contributed by atoms with Gasteiger partial charge in [0.05, 0.1) is 40.4 Å². The maximum absolute atomic E-state index is 13.2. The summed E-state index contributed by atoms with van der Waals surface area (Å²) in [7, 11) is 0. The summed E-state index contributed by atoms with van der Waals surface area (Å²) in [6, 6.07) is 21.3. The van der Waals surface area contributed by atoms with E-state index >= 15 is 0 Å². The first-order chi connectivity index (χ1) is 17.4. The quantitative estimate of drug-likeness (QED) is 0.364. The van der Waals surface area contributed by atoms with E-state index in [4.69, 9.17) is 8.83 Å². The minimum atomic E-state index is -0.800. The fourth-order valence-corrected chi connectivity index (χ4v) is 4.02. The molecule has 5 aromatic rings. The van der Waals surface area contributed by atoms with Gasteiger partial charge < -0.3 is 19.5 Å². The van der Waals surface area contributed by atoms with Crippen LogP contribution in [-0.4, -0.2) is 21.6 Å². The highest BCUT2D eigenvalue weighted by atomic mass is 16.6. The number of aryl methyl sites for hydroxylation is 1. The summed E-state index contributed by atoms with van der Waals surface area (Å²) in [4.78, 5) is 37.2. The number of rotatable bonds is 6. The predicted molar refractivity (Wildman–Crippen MR) is 135 cm³/mol. The van der Waals surface area contributed by atoms with Crippen molar-refractivity contribution in [2.24, 2.45) is 0 Å². The monoisotopic (exact) mass is 482 g/mol. The summed E-state index contributed by atoms with van der Waals surface area (Å²) < 4.78 is 11.6. The van der Waals surface area contributed by atoms with Crippen LogP contribution >= 0.6 is 0 Å². The molecule has 0 spiro atoms. The SMILES string of the molecule is Cc1nn(-c2ccccc2)c(C)c1NC(=O)c1ccccc1NC(=O)Cc1ccc2oc(=O)oc2c1. The van der Waals surface area contributed by atoms with Crippen molar-refractivity contribution in [1.29, 1.82) is 0 Å². The van der Waals surface area contributed by atoms with Gasteiger partial charge in [-0.2, -0.15) is 5.10 Å². The molecule has 180 valence electrons. The van der Waals surface area contributed by atoms with Crippen LogP contribution < -0.4 is 16.5 Å². The first-order valence-electron chi connectivity index (χ1n) is 11.2. The third kappa shape index (κ3) is 4.54. The second-order valence-corrected chi connectivity index (χ2v) is 8.25. The molecule has 0 fully saturated rings.